The molecular weight excluding hydrogens is 767 g/mol. The predicted molar refractivity (Wildman–Crippen MR) is 252 cm³/mol. The summed E-state index contributed by atoms with van der Waals surface area (Å²) in [5.41, 5.74) is 8.09. The zero-order chi connectivity index (χ0) is 40.8. The van der Waals surface area contributed by atoms with Gasteiger partial charge in [-0.15, -0.1) is 0 Å². The average molecular weight is 815 g/mol. The van der Waals surface area contributed by atoms with Gasteiger partial charge in [-0.2, -0.15) is 0 Å². The molecule has 0 amide bonds. The minimum Gasteiger partial charge on any atom is -0.297 e. The minimum absolute atomic E-state index is 0.512. The van der Waals surface area contributed by atoms with E-state index in [9.17, 15) is 0 Å². The van der Waals surface area contributed by atoms with Gasteiger partial charge < -0.3 is 0 Å². The lowest BCUT2D eigenvalue weighted by atomic mass is 9.91. The largest absolute Gasteiger partial charge is 0.334 e. The molecule has 0 unspecified atom stereocenters. The van der Waals surface area contributed by atoms with Crippen LogP contribution >= 0.6 is 15.2 Å². The number of benzene rings is 8. The van der Waals surface area contributed by atoms with Crippen molar-refractivity contribution in [1.29, 1.82) is 0 Å². The molecule has 0 saturated heterocycles. The SMILES string of the molecule is CN(CCCN(C)P1(=O)N(C)c2ccc3ccccc3c2-c2c(ccc3ccccc23)N1C)P1(=O)N(C)c2ccc3ccccc3c2-c2c(ccc3ccccc23)N1C. The topological polar surface area (TPSA) is 53.6 Å². The Morgan fingerprint density at radius 3 is 0.864 bits per heavy atom. The molecular formula is C49H48N6O2P2. The van der Waals surface area contributed by atoms with E-state index in [-0.39, 0.29) is 0 Å². The van der Waals surface area contributed by atoms with Crippen LogP contribution in [0.1, 0.15) is 6.42 Å². The Morgan fingerprint density at radius 2 is 0.610 bits per heavy atom. The van der Waals surface area contributed by atoms with Crippen LogP contribution in [-0.4, -0.2) is 64.7 Å². The molecule has 10 rings (SSSR count). The third-order valence-corrected chi connectivity index (χ3v) is 19.1. The maximum Gasteiger partial charge on any atom is 0.334 e. The van der Waals surface area contributed by atoms with E-state index in [0.29, 0.717) is 19.5 Å². The fraction of sp³-hybridized carbons (Fsp3) is 0.184. The maximum atomic E-state index is 16.0. The third kappa shape index (κ3) is 5.44. The van der Waals surface area contributed by atoms with Gasteiger partial charge in [0, 0.05) is 63.5 Å². The number of fused-ring (bicyclic) bond motifs is 14. The number of hydrogen-bond acceptors (Lipinski definition) is 2. The van der Waals surface area contributed by atoms with Gasteiger partial charge >= 0.3 is 15.2 Å². The fourth-order valence-electron chi connectivity index (χ4n) is 9.84. The van der Waals surface area contributed by atoms with Crippen molar-refractivity contribution in [3.05, 3.63) is 146 Å². The van der Waals surface area contributed by atoms with Crippen LogP contribution in [0.2, 0.25) is 0 Å². The Kier molecular flexibility index (Phi) is 8.93. The summed E-state index contributed by atoms with van der Waals surface area (Å²) in [5, 5.41) is 9.09. The molecule has 0 saturated carbocycles. The van der Waals surface area contributed by atoms with Crippen molar-refractivity contribution in [2.75, 3.05) is 74.1 Å². The van der Waals surface area contributed by atoms with Crippen molar-refractivity contribution in [1.82, 2.24) is 9.34 Å². The average Bonchev–Trinajstić information content (AvgIpc) is 3.40. The molecule has 2 aliphatic heterocycles. The van der Waals surface area contributed by atoms with Gasteiger partial charge in [0.1, 0.15) is 0 Å². The number of anilines is 4. The lowest BCUT2D eigenvalue weighted by Gasteiger charge is -2.42. The zero-order valence-corrected chi connectivity index (χ0v) is 36.2. The first-order valence-electron chi connectivity index (χ1n) is 20.2. The Morgan fingerprint density at radius 1 is 0.373 bits per heavy atom. The molecule has 0 fully saturated rings. The predicted octanol–water partition coefficient (Wildman–Crippen LogP) is 12.6. The van der Waals surface area contributed by atoms with Crippen LogP contribution in [0, 0.1) is 0 Å². The summed E-state index contributed by atoms with van der Waals surface area (Å²) in [5.74, 6) is 0. The highest BCUT2D eigenvalue weighted by atomic mass is 31.2. The number of rotatable bonds is 6. The molecule has 59 heavy (non-hydrogen) atoms. The van der Waals surface area contributed by atoms with Crippen molar-refractivity contribution >= 4 is 81.0 Å². The zero-order valence-electron chi connectivity index (χ0n) is 34.4. The molecule has 0 atom stereocenters. The first kappa shape index (κ1) is 37.6. The number of nitrogens with zero attached hydrogens (tertiary/aromatic N) is 6. The lowest BCUT2D eigenvalue weighted by molar-refractivity contribution is 0.410. The minimum atomic E-state index is -3.43. The molecule has 0 bridgehead atoms. The summed E-state index contributed by atoms with van der Waals surface area (Å²) >= 11 is 0. The smallest absolute Gasteiger partial charge is 0.297 e. The van der Waals surface area contributed by atoms with Crippen LogP contribution in [0.5, 0.6) is 0 Å². The maximum absolute atomic E-state index is 16.0. The van der Waals surface area contributed by atoms with Crippen LogP contribution in [-0.2, 0) is 9.13 Å². The molecule has 2 aliphatic rings. The van der Waals surface area contributed by atoms with E-state index >= 15 is 9.13 Å². The summed E-state index contributed by atoms with van der Waals surface area (Å²) in [7, 11) is 4.95. The standard InChI is InChI=1S/C49H48N6O2P2/c1-50(58(56)52(3)42-28-24-34-16-7-11-20-38(34)46(42)47-39-21-12-8-17-35(39)25-29-43(47)53(58)4)32-15-33-51(2)59(57)54(5)44-30-26-36-18-9-13-22-40(36)48(44)49-41-23-14-10-19-37(41)27-31-45(49)55(59)6/h7-14,16-31H,15,32-33H2,1-6H3. The Labute approximate surface area is 346 Å². The van der Waals surface area contributed by atoms with E-state index in [2.05, 4.69) is 146 Å². The molecule has 0 aromatic heterocycles. The molecule has 8 aromatic rings. The summed E-state index contributed by atoms with van der Waals surface area (Å²) in [6.07, 6.45) is 0.634. The van der Waals surface area contributed by atoms with Crippen LogP contribution in [0.15, 0.2) is 146 Å². The molecule has 8 aromatic carbocycles. The van der Waals surface area contributed by atoms with Crippen molar-refractivity contribution in [2.24, 2.45) is 0 Å². The van der Waals surface area contributed by atoms with Gasteiger partial charge in [0.05, 0.1) is 22.7 Å². The van der Waals surface area contributed by atoms with Crippen LogP contribution in [0.4, 0.5) is 22.7 Å². The van der Waals surface area contributed by atoms with Gasteiger partial charge in [0.15, 0.2) is 0 Å². The molecule has 8 nitrogen and oxygen atoms in total. The second kappa shape index (κ2) is 14.0. The first-order chi connectivity index (χ1) is 28.5. The van der Waals surface area contributed by atoms with Crippen LogP contribution in [0.25, 0.3) is 65.3 Å². The van der Waals surface area contributed by atoms with E-state index in [1.807, 2.05) is 70.3 Å². The van der Waals surface area contributed by atoms with Gasteiger partial charge in [0.25, 0.3) is 0 Å². The molecule has 0 N–H and O–H groups in total. The molecule has 0 aliphatic carbocycles. The van der Waals surface area contributed by atoms with E-state index in [4.69, 9.17) is 0 Å². The van der Waals surface area contributed by atoms with Gasteiger partial charge in [-0.05, 0) is 87.9 Å². The lowest BCUT2D eigenvalue weighted by Crippen LogP contribution is -2.38. The fourth-order valence-corrected chi connectivity index (χ4v) is 15.1. The molecule has 2 heterocycles. The first-order valence-corrected chi connectivity index (χ1v) is 23.4. The third-order valence-electron chi connectivity index (χ3n) is 12.9. The van der Waals surface area contributed by atoms with Gasteiger partial charge in [-0.1, -0.05) is 121 Å². The van der Waals surface area contributed by atoms with Crippen molar-refractivity contribution in [3.8, 4) is 22.3 Å². The molecule has 0 spiro atoms. The summed E-state index contributed by atoms with van der Waals surface area (Å²) in [4.78, 5) is 0. The van der Waals surface area contributed by atoms with Gasteiger partial charge in [-0.25, -0.2) is 9.34 Å². The quantitative estimate of drug-likeness (QED) is 0.154. The van der Waals surface area contributed by atoms with E-state index in [1.165, 1.54) is 0 Å². The highest BCUT2D eigenvalue weighted by Gasteiger charge is 2.45. The molecule has 0 radical (unpaired) electrons. The summed E-state index contributed by atoms with van der Waals surface area (Å²) in [6, 6.07) is 51.0. The van der Waals surface area contributed by atoms with E-state index in [1.54, 1.807) is 0 Å². The van der Waals surface area contributed by atoms with Crippen molar-refractivity contribution in [3.63, 3.8) is 0 Å². The molecule has 296 valence electrons. The summed E-state index contributed by atoms with van der Waals surface area (Å²) in [6.45, 7) is 1.02. The van der Waals surface area contributed by atoms with Crippen LogP contribution < -0.4 is 18.7 Å². The van der Waals surface area contributed by atoms with Gasteiger partial charge in [0.2, 0.25) is 0 Å². The highest BCUT2D eigenvalue weighted by molar-refractivity contribution is 7.65. The second-order valence-electron chi connectivity index (χ2n) is 16.0. The summed E-state index contributed by atoms with van der Waals surface area (Å²) < 4.78 is 44.0. The monoisotopic (exact) mass is 814 g/mol. The Bertz CT molecular complexity index is 2700. The van der Waals surface area contributed by atoms with Crippen molar-refractivity contribution in [2.45, 2.75) is 6.42 Å². The number of hydrogen-bond donors (Lipinski definition) is 0. The second-order valence-corrected chi connectivity index (χ2v) is 21.8. The normalized spacial score (nSPS) is 15.7. The Hall–Kier alpha value is -5.62. The Balaban J connectivity index is 1.01. The van der Waals surface area contributed by atoms with Crippen molar-refractivity contribution < 1.29 is 9.13 Å². The van der Waals surface area contributed by atoms with Crippen LogP contribution in [0.3, 0.4) is 0 Å². The van der Waals surface area contributed by atoms with E-state index < -0.39 is 15.2 Å². The highest BCUT2D eigenvalue weighted by Crippen LogP contribution is 2.66. The van der Waals surface area contributed by atoms with E-state index in [0.717, 1.165) is 88.1 Å². The molecule has 10 heteroatoms. The van der Waals surface area contributed by atoms with Gasteiger partial charge in [-0.3, -0.25) is 27.8 Å².